The topological polar surface area (TPSA) is 69.5 Å². The number of hydrogen-bond acceptors (Lipinski definition) is 7. The van der Waals surface area contributed by atoms with Crippen LogP contribution in [-0.4, -0.2) is 52.4 Å². The number of thiazole rings is 1. The number of rotatable bonds is 7. The van der Waals surface area contributed by atoms with Gasteiger partial charge in [-0.2, -0.15) is 5.26 Å². The van der Waals surface area contributed by atoms with Crippen LogP contribution in [0.1, 0.15) is 18.1 Å². The molecule has 1 aromatic heterocycles. The van der Waals surface area contributed by atoms with E-state index in [1.54, 1.807) is 23.4 Å². The van der Waals surface area contributed by atoms with Crippen molar-refractivity contribution in [2.75, 3.05) is 26.2 Å². The first-order chi connectivity index (χ1) is 16.4. The quantitative estimate of drug-likeness (QED) is 0.361. The summed E-state index contributed by atoms with van der Waals surface area (Å²) in [7, 11) is 0. The first-order valence-electron chi connectivity index (χ1n) is 10.6. The maximum absolute atomic E-state index is 12.4. The number of amides is 1. The second kappa shape index (κ2) is 11.5. The van der Waals surface area contributed by atoms with E-state index in [0.717, 1.165) is 34.2 Å². The number of nitriles is 1. The van der Waals surface area contributed by atoms with Gasteiger partial charge in [0.2, 0.25) is 5.91 Å². The van der Waals surface area contributed by atoms with Crippen molar-refractivity contribution in [3.05, 3.63) is 69.0 Å². The highest BCUT2D eigenvalue weighted by atomic mass is 35.5. The van der Waals surface area contributed by atoms with Gasteiger partial charge in [-0.25, -0.2) is 4.98 Å². The Hall–Kier alpha value is -2.12. The molecule has 0 unspecified atom stereocenters. The Morgan fingerprint density at radius 3 is 2.79 bits per heavy atom. The van der Waals surface area contributed by atoms with Gasteiger partial charge in [-0.3, -0.25) is 14.0 Å². The van der Waals surface area contributed by atoms with Crippen molar-refractivity contribution in [3.63, 3.8) is 0 Å². The van der Waals surface area contributed by atoms with Crippen LogP contribution in [0.25, 0.3) is 11.3 Å². The summed E-state index contributed by atoms with van der Waals surface area (Å²) in [5.41, 5.74) is 3.45. The van der Waals surface area contributed by atoms with E-state index in [0.29, 0.717) is 35.3 Å². The Bertz CT molecular complexity index is 1200. The molecule has 3 aromatic rings. The van der Waals surface area contributed by atoms with Crippen LogP contribution in [0, 0.1) is 11.3 Å². The van der Waals surface area contributed by atoms with E-state index in [9.17, 15) is 4.79 Å². The van der Waals surface area contributed by atoms with Crippen LogP contribution in [0.4, 0.5) is 0 Å². The van der Waals surface area contributed by atoms with Crippen LogP contribution in [0.5, 0.6) is 0 Å². The number of nitrogens with zero attached hydrogens (tertiary/aromatic N) is 4. The minimum absolute atomic E-state index is 0.0506. The van der Waals surface area contributed by atoms with Crippen molar-refractivity contribution in [1.29, 1.82) is 5.26 Å². The molecule has 0 spiro atoms. The van der Waals surface area contributed by atoms with E-state index in [-0.39, 0.29) is 12.0 Å². The molecule has 0 saturated carbocycles. The Labute approximate surface area is 217 Å². The van der Waals surface area contributed by atoms with Crippen LogP contribution >= 0.6 is 46.5 Å². The molecule has 34 heavy (non-hydrogen) atoms. The van der Waals surface area contributed by atoms with Gasteiger partial charge in [0.15, 0.2) is 4.34 Å². The smallest absolute Gasteiger partial charge is 0.229 e. The Morgan fingerprint density at radius 2 is 2.09 bits per heavy atom. The molecule has 4 rings (SSSR count). The van der Waals surface area contributed by atoms with E-state index in [1.807, 2.05) is 35.7 Å². The Balaban J connectivity index is 1.37. The van der Waals surface area contributed by atoms with Crippen molar-refractivity contribution in [2.45, 2.75) is 23.9 Å². The van der Waals surface area contributed by atoms with Crippen LogP contribution in [0.15, 0.2) is 52.2 Å². The van der Waals surface area contributed by atoms with Gasteiger partial charge in [0.05, 0.1) is 46.6 Å². The number of carbonyl (C=O) groups excluding carboxylic acids is 1. The van der Waals surface area contributed by atoms with Gasteiger partial charge < -0.3 is 4.74 Å². The predicted octanol–water partition coefficient (Wildman–Crippen LogP) is 5.75. The Kier molecular flexibility index (Phi) is 8.48. The zero-order valence-corrected chi connectivity index (χ0v) is 21.6. The summed E-state index contributed by atoms with van der Waals surface area (Å²) < 4.78 is 8.44. The third-order valence-electron chi connectivity index (χ3n) is 5.31. The summed E-state index contributed by atoms with van der Waals surface area (Å²) in [6.45, 7) is 4.87. The van der Waals surface area contributed by atoms with Gasteiger partial charge in [-0.05, 0) is 29.8 Å². The molecule has 6 nitrogen and oxygen atoms in total. The fourth-order valence-electron chi connectivity index (χ4n) is 3.59. The lowest BCUT2D eigenvalue weighted by atomic mass is 10.1. The van der Waals surface area contributed by atoms with E-state index < -0.39 is 0 Å². The summed E-state index contributed by atoms with van der Waals surface area (Å²) in [5, 5.41) is 12.0. The van der Waals surface area contributed by atoms with E-state index in [1.165, 1.54) is 23.3 Å². The first-order valence-corrected chi connectivity index (χ1v) is 13.0. The molecular weight excluding hydrogens is 511 g/mol. The maximum Gasteiger partial charge on any atom is 0.229 e. The molecule has 176 valence electrons. The van der Waals surface area contributed by atoms with Gasteiger partial charge in [0.25, 0.3) is 0 Å². The highest BCUT2D eigenvalue weighted by Crippen LogP contribution is 2.31. The minimum Gasteiger partial charge on any atom is -0.374 e. The third kappa shape index (κ3) is 6.51. The predicted molar refractivity (Wildman–Crippen MR) is 137 cm³/mol. The lowest BCUT2D eigenvalue weighted by Crippen LogP contribution is -2.46. The normalized spacial score (nSPS) is 16.2. The number of morpholine rings is 1. The van der Waals surface area contributed by atoms with E-state index >= 15 is 0 Å². The van der Waals surface area contributed by atoms with Gasteiger partial charge >= 0.3 is 0 Å². The van der Waals surface area contributed by atoms with Crippen molar-refractivity contribution in [3.8, 4) is 17.3 Å². The molecule has 1 fully saturated rings. The SMILES string of the molecule is CC(=O)N(C[C@@H]1CN(Cc2ccc(Cl)c(Cl)c2)CCO1)Sc1nc(-c2ccc(C#N)cc2)cs1. The number of aromatic nitrogens is 1. The number of benzene rings is 2. The van der Waals surface area contributed by atoms with Crippen molar-refractivity contribution >= 4 is 52.4 Å². The van der Waals surface area contributed by atoms with Crippen molar-refractivity contribution in [1.82, 2.24) is 14.2 Å². The van der Waals surface area contributed by atoms with Crippen LogP contribution < -0.4 is 0 Å². The fourth-order valence-corrected chi connectivity index (χ4v) is 5.74. The average Bonchev–Trinajstić information content (AvgIpc) is 3.30. The minimum atomic E-state index is -0.106. The number of hydrogen-bond donors (Lipinski definition) is 0. The lowest BCUT2D eigenvalue weighted by Gasteiger charge is -2.35. The highest BCUT2D eigenvalue weighted by molar-refractivity contribution is 7.99. The highest BCUT2D eigenvalue weighted by Gasteiger charge is 2.25. The molecule has 1 saturated heterocycles. The van der Waals surface area contributed by atoms with Gasteiger partial charge in [0, 0.05) is 49.4 Å². The van der Waals surface area contributed by atoms with Gasteiger partial charge in [-0.1, -0.05) is 41.4 Å². The van der Waals surface area contributed by atoms with E-state index in [2.05, 4.69) is 16.0 Å². The summed E-state index contributed by atoms with van der Waals surface area (Å²) in [6, 6.07) is 15.1. The van der Waals surface area contributed by atoms with Crippen LogP contribution in [0.3, 0.4) is 0 Å². The monoisotopic (exact) mass is 532 g/mol. The standard InChI is InChI=1S/C24H22Cl2N4O2S2/c1-16(31)30(34-24-28-23(15-33-24)19-5-2-17(11-27)3-6-19)14-20-13-29(8-9-32-20)12-18-4-7-21(25)22(26)10-18/h2-7,10,15,20H,8-9,12-14H2,1H3/t20-/m0/s1. The summed E-state index contributed by atoms with van der Waals surface area (Å²) >= 11 is 15.0. The molecular formula is C24H22Cl2N4O2S2. The first kappa shape index (κ1) is 25.0. The molecule has 0 N–H and O–H groups in total. The van der Waals surface area contributed by atoms with E-state index in [4.69, 9.17) is 33.2 Å². The largest absolute Gasteiger partial charge is 0.374 e. The summed E-state index contributed by atoms with van der Waals surface area (Å²) in [4.78, 5) is 19.3. The summed E-state index contributed by atoms with van der Waals surface area (Å²) in [6.07, 6.45) is -0.106. The van der Waals surface area contributed by atoms with Crippen molar-refractivity contribution in [2.24, 2.45) is 0 Å². The zero-order valence-electron chi connectivity index (χ0n) is 18.4. The molecule has 1 aliphatic heterocycles. The fraction of sp³-hybridized carbons (Fsp3) is 0.292. The molecule has 1 atom stereocenters. The van der Waals surface area contributed by atoms with Crippen LogP contribution in [0.2, 0.25) is 10.0 Å². The number of halogens is 2. The molecule has 1 amide bonds. The molecule has 0 aliphatic carbocycles. The van der Waals surface area contributed by atoms with Crippen molar-refractivity contribution < 1.29 is 9.53 Å². The average molecular weight is 534 g/mol. The number of carbonyl (C=O) groups is 1. The zero-order chi connectivity index (χ0) is 24.1. The van der Waals surface area contributed by atoms with Crippen LogP contribution in [-0.2, 0) is 16.1 Å². The summed E-state index contributed by atoms with van der Waals surface area (Å²) in [5.74, 6) is -0.0506. The molecule has 2 heterocycles. The second-order valence-corrected chi connectivity index (χ2v) is 10.8. The van der Waals surface area contributed by atoms with Gasteiger partial charge in [0.1, 0.15) is 0 Å². The second-order valence-electron chi connectivity index (χ2n) is 7.84. The molecule has 0 bridgehead atoms. The molecule has 10 heteroatoms. The maximum atomic E-state index is 12.4. The molecule has 1 aliphatic rings. The molecule has 2 aromatic carbocycles. The lowest BCUT2D eigenvalue weighted by molar-refractivity contribution is -0.126. The molecule has 0 radical (unpaired) electrons. The van der Waals surface area contributed by atoms with Gasteiger partial charge in [-0.15, -0.1) is 11.3 Å². The number of ether oxygens (including phenoxy) is 1. The third-order valence-corrected chi connectivity index (χ3v) is 8.07. The Morgan fingerprint density at radius 1 is 1.29 bits per heavy atom.